The highest BCUT2D eigenvalue weighted by molar-refractivity contribution is 14.1. The monoisotopic (exact) mass is 415 g/mol. The zero-order valence-corrected chi connectivity index (χ0v) is 11.3. The molecule has 0 aliphatic carbocycles. The van der Waals surface area contributed by atoms with Crippen molar-refractivity contribution in [3.8, 4) is 5.88 Å². The molecule has 20 heavy (non-hydrogen) atoms. The van der Waals surface area contributed by atoms with E-state index in [0.717, 1.165) is 0 Å². The largest absolute Gasteiger partial charge is 0.574 e. The van der Waals surface area contributed by atoms with Gasteiger partial charge < -0.3 is 9.84 Å². The van der Waals surface area contributed by atoms with Gasteiger partial charge in [0.15, 0.2) is 0 Å². The van der Waals surface area contributed by atoms with E-state index in [1.807, 2.05) is 0 Å². The van der Waals surface area contributed by atoms with Crippen molar-refractivity contribution in [3.05, 3.63) is 20.9 Å². The lowest BCUT2D eigenvalue weighted by atomic mass is 10.1. The zero-order valence-electron chi connectivity index (χ0n) is 9.14. The average Bonchev–Trinajstić information content (AvgIpc) is 2.17. The number of aliphatic carboxylic acids is 1. The summed E-state index contributed by atoms with van der Waals surface area (Å²) < 4.78 is 77.0. The van der Waals surface area contributed by atoms with Crippen LogP contribution in [0.1, 0.15) is 11.3 Å². The number of halogens is 7. The van der Waals surface area contributed by atoms with Crippen molar-refractivity contribution < 1.29 is 41.0 Å². The Kier molecular flexibility index (Phi) is 4.71. The number of hydrogen-bond donors (Lipinski definition) is 1. The van der Waals surface area contributed by atoms with Gasteiger partial charge in [-0.2, -0.15) is 13.2 Å². The molecule has 0 atom stereocenters. The Morgan fingerprint density at radius 3 is 2.25 bits per heavy atom. The number of carboxylic acids is 1. The lowest BCUT2D eigenvalue weighted by molar-refractivity contribution is -0.276. The summed E-state index contributed by atoms with van der Waals surface area (Å²) in [4.78, 5) is 13.5. The number of carbonyl (C=O) groups is 1. The second kappa shape index (κ2) is 5.61. The SMILES string of the molecule is O=C(O)Cc1nc(OC(F)(F)F)c(I)cc1C(F)(F)F. The Hall–Kier alpha value is -1.27. The number of nitrogens with zero attached hydrogens (tertiary/aromatic N) is 1. The molecule has 0 bridgehead atoms. The molecule has 0 fully saturated rings. The zero-order chi connectivity index (χ0) is 15.7. The second-order valence-corrected chi connectivity index (χ2v) is 4.55. The molecule has 112 valence electrons. The van der Waals surface area contributed by atoms with Gasteiger partial charge in [0.2, 0.25) is 5.88 Å². The van der Waals surface area contributed by atoms with Gasteiger partial charge in [-0.15, -0.1) is 13.2 Å². The van der Waals surface area contributed by atoms with E-state index in [9.17, 15) is 31.1 Å². The molecule has 1 aromatic heterocycles. The Balaban J connectivity index is 3.35. The van der Waals surface area contributed by atoms with Crippen LogP contribution < -0.4 is 4.74 Å². The van der Waals surface area contributed by atoms with Gasteiger partial charge in [0.25, 0.3) is 0 Å². The van der Waals surface area contributed by atoms with Crippen molar-refractivity contribution >= 4 is 28.6 Å². The van der Waals surface area contributed by atoms with Crippen molar-refractivity contribution in [2.45, 2.75) is 19.0 Å². The predicted molar refractivity (Wildman–Crippen MR) is 60.0 cm³/mol. The normalized spacial score (nSPS) is 12.3. The van der Waals surface area contributed by atoms with E-state index in [1.54, 1.807) is 0 Å². The quantitative estimate of drug-likeness (QED) is 0.609. The number of carboxylic acid groups (broad SMARTS) is 1. The molecule has 1 N–H and O–H groups in total. The summed E-state index contributed by atoms with van der Waals surface area (Å²) in [5, 5.41) is 8.48. The number of aromatic nitrogens is 1. The van der Waals surface area contributed by atoms with Crippen LogP contribution in [0.25, 0.3) is 0 Å². The molecule has 4 nitrogen and oxygen atoms in total. The summed E-state index contributed by atoms with van der Waals surface area (Å²) in [7, 11) is 0. The fourth-order valence-electron chi connectivity index (χ4n) is 1.21. The van der Waals surface area contributed by atoms with Crippen LogP contribution in [-0.4, -0.2) is 22.4 Å². The van der Waals surface area contributed by atoms with Crippen molar-refractivity contribution in [1.29, 1.82) is 0 Å². The minimum atomic E-state index is -5.15. The van der Waals surface area contributed by atoms with E-state index in [1.165, 1.54) is 22.6 Å². The van der Waals surface area contributed by atoms with Gasteiger partial charge in [0.05, 0.1) is 21.2 Å². The van der Waals surface area contributed by atoms with Crippen molar-refractivity contribution in [1.82, 2.24) is 4.98 Å². The first-order valence-corrected chi connectivity index (χ1v) is 5.72. The number of alkyl halides is 6. The summed E-state index contributed by atoms with van der Waals surface area (Å²) in [5.74, 6) is -2.79. The van der Waals surface area contributed by atoms with Crippen LogP contribution >= 0.6 is 22.6 Å². The highest BCUT2D eigenvalue weighted by Gasteiger charge is 2.38. The molecular weight excluding hydrogens is 411 g/mol. The second-order valence-electron chi connectivity index (χ2n) is 3.39. The maximum absolute atomic E-state index is 12.6. The first-order chi connectivity index (χ1) is 8.90. The lowest BCUT2D eigenvalue weighted by Crippen LogP contribution is -2.21. The summed E-state index contributed by atoms with van der Waals surface area (Å²) in [6.07, 6.45) is -11.3. The van der Waals surface area contributed by atoms with E-state index < -0.39 is 45.6 Å². The maximum atomic E-state index is 12.6. The number of rotatable bonds is 3. The predicted octanol–water partition coefficient (Wildman–Crippen LogP) is 3.23. The molecule has 0 aliphatic rings. The third-order valence-electron chi connectivity index (χ3n) is 1.86. The van der Waals surface area contributed by atoms with E-state index in [0.29, 0.717) is 6.07 Å². The first-order valence-electron chi connectivity index (χ1n) is 4.64. The van der Waals surface area contributed by atoms with Gasteiger partial charge in [-0.05, 0) is 28.7 Å². The summed E-state index contributed by atoms with van der Waals surface area (Å²) >= 11 is 1.18. The minimum Gasteiger partial charge on any atom is -0.481 e. The van der Waals surface area contributed by atoms with Gasteiger partial charge >= 0.3 is 18.5 Å². The van der Waals surface area contributed by atoms with E-state index >= 15 is 0 Å². The third kappa shape index (κ3) is 4.68. The van der Waals surface area contributed by atoms with Gasteiger partial charge in [-0.25, -0.2) is 4.98 Å². The molecule has 0 spiro atoms. The molecule has 0 aromatic carbocycles. The molecule has 0 unspecified atom stereocenters. The number of hydrogen-bond acceptors (Lipinski definition) is 3. The van der Waals surface area contributed by atoms with Crippen LogP contribution in [0.3, 0.4) is 0 Å². The lowest BCUT2D eigenvalue weighted by Gasteiger charge is -2.15. The Morgan fingerprint density at radius 1 is 1.30 bits per heavy atom. The number of pyridine rings is 1. The van der Waals surface area contributed by atoms with E-state index in [4.69, 9.17) is 5.11 Å². The third-order valence-corrected chi connectivity index (χ3v) is 2.63. The van der Waals surface area contributed by atoms with Gasteiger partial charge in [0.1, 0.15) is 0 Å². The average molecular weight is 415 g/mol. The molecule has 0 aliphatic heterocycles. The Morgan fingerprint density at radius 2 is 1.85 bits per heavy atom. The van der Waals surface area contributed by atoms with E-state index in [-0.39, 0.29) is 0 Å². The van der Waals surface area contributed by atoms with E-state index in [2.05, 4.69) is 9.72 Å². The highest BCUT2D eigenvalue weighted by atomic mass is 127. The van der Waals surface area contributed by atoms with Crippen LogP contribution in [-0.2, 0) is 17.4 Å². The fraction of sp³-hybridized carbons (Fsp3) is 0.333. The summed E-state index contributed by atoms with van der Waals surface area (Å²) in [5.41, 5.74) is -2.47. The maximum Gasteiger partial charge on any atom is 0.574 e. The molecule has 0 saturated heterocycles. The molecule has 1 aromatic rings. The first kappa shape index (κ1) is 16.8. The van der Waals surface area contributed by atoms with Crippen LogP contribution in [0, 0.1) is 3.57 Å². The van der Waals surface area contributed by atoms with Gasteiger partial charge in [0, 0.05) is 0 Å². The topological polar surface area (TPSA) is 59.4 Å². The molecule has 1 rings (SSSR count). The Labute approximate surface area is 120 Å². The molecule has 0 amide bonds. The minimum absolute atomic E-state index is 0.354. The highest BCUT2D eigenvalue weighted by Crippen LogP contribution is 2.36. The summed E-state index contributed by atoms with van der Waals surface area (Å²) in [6, 6.07) is 0.354. The Bertz CT molecular complexity index is 528. The van der Waals surface area contributed by atoms with Crippen molar-refractivity contribution in [3.63, 3.8) is 0 Å². The van der Waals surface area contributed by atoms with Crippen LogP contribution in [0.4, 0.5) is 26.3 Å². The smallest absolute Gasteiger partial charge is 0.481 e. The molecule has 0 saturated carbocycles. The molecular formula is C9H4F6INO3. The fourth-order valence-corrected chi connectivity index (χ4v) is 1.75. The van der Waals surface area contributed by atoms with Crippen LogP contribution in [0.15, 0.2) is 6.07 Å². The number of ether oxygens (including phenoxy) is 1. The standard InChI is InChI=1S/C9H4F6INO3/c10-8(11,12)3-1-4(16)7(20-9(13,14)15)17-5(3)2-6(18)19/h1H,2H2,(H,18,19). The van der Waals surface area contributed by atoms with Crippen LogP contribution in [0.2, 0.25) is 0 Å². The molecule has 11 heteroatoms. The van der Waals surface area contributed by atoms with Crippen molar-refractivity contribution in [2.24, 2.45) is 0 Å². The van der Waals surface area contributed by atoms with Crippen molar-refractivity contribution in [2.75, 3.05) is 0 Å². The van der Waals surface area contributed by atoms with Crippen LogP contribution in [0.5, 0.6) is 5.88 Å². The molecule has 1 heterocycles. The molecule has 0 radical (unpaired) electrons. The van der Waals surface area contributed by atoms with Gasteiger partial charge in [-0.1, -0.05) is 0 Å². The van der Waals surface area contributed by atoms with Gasteiger partial charge in [-0.3, -0.25) is 4.79 Å². The summed E-state index contributed by atoms with van der Waals surface area (Å²) in [6.45, 7) is 0.